The first-order chi connectivity index (χ1) is 10.9. The van der Waals surface area contributed by atoms with Crippen molar-refractivity contribution < 1.29 is 14.3 Å². The number of hydrogen-bond donors (Lipinski definition) is 1. The second kappa shape index (κ2) is 7.44. The molecule has 1 N–H and O–H groups in total. The van der Waals surface area contributed by atoms with E-state index in [0.29, 0.717) is 19.5 Å². The van der Waals surface area contributed by atoms with Crippen LogP contribution < -0.4 is 5.32 Å². The van der Waals surface area contributed by atoms with Gasteiger partial charge in [-0.05, 0) is 51.7 Å². The van der Waals surface area contributed by atoms with Crippen LogP contribution in [0.2, 0.25) is 0 Å². The molecule has 1 aromatic rings. The molecule has 1 fully saturated rings. The molecule has 0 bridgehead atoms. The molecule has 0 aromatic carbocycles. The van der Waals surface area contributed by atoms with Crippen molar-refractivity contribution in [3.8, 4) is 0 Å². The molecule has 1 aliphatic rings. The minimum atomic E-state index is -0.564. The molecule has 1 saturated heterocycles. The Morgan fingerprint density at radius 2 is 2.17 bits per heavy atom. The summed E-state index contributed by atoms with van der Waals surface area (Å²) < 4.78 is 5.42. The molecule has 0 aliphatic carbocycles. The monoisotopic (exact) mass is 319 g/mol. The quantitative estimate of drug-likeness (QED) is 0.929. The molecule has 2 heterocycles. The van der Waals surface area contributed by atoms with Gasteiger partial charge in [-0.1, -0.05) is 6.07 Å². The van der Waals surface area contributed by atoms with E-state index in [1.807, 2.05) is 32.9 Å². The number of pyridine rings is 1. The Labute approximate surface area is 137 Å². The van der Waals surface area contributed by atoms with Crippen LogP contribution in [-0.2, 0) is 16.1 Å². The Morgan fingerprint density at radius 1 is 1.39 bits per heavy atom. The first-order valence-electron chi connectivity index (χ1n) is 8.03. The van der Waals surface area contributed by atoms with Gasteiger partial charge in [0.05, 0.1) is 0 Å². The number of ether oxygens (including phenoxy) is 1. The Morgan fingerprint density at radius 3 is 2.83 bits per heavy atom. The summed E-state index contributed by atoms with van der Waals surface area (Å²) in [6.45, 7) is 6.44. The molecule has 1 unspecified atom stereocenters. The number of nitrogens with zero attached hydrogens (tertiary/aromatic N) is 2. The highest BCUT2D eigenvalue weighted by atomic mass is 16.6. The van der Waals surface area contributed by atoms with Gasteiger partial charge in [0.2, 0.25) is 5.91 Å². The zero-order valence-corrected chi connectivity index (χ0v) is 14.0. The number of piperidine rings is 1. The number of nitrogens with one attached hydrogen (secondary N) is 1. The molecule has 6 heteroatoms. The lowest BCUT2D eigenvalue weighted by Gasteiger charge is -2.35. The highest BCUT2D eigenvalue weighted by Crippen LogP contribution is 2.20. The van der Waals surface area contributed by atoms with Crippen LogP contribution in [0.1, 0.15) is 45.6 Å². The molecule has 0 saturated carbocycles. The van der Waals surface area contributed by atoms with Gasteiger partial charge < -0.3 is 10.1 Å². The minimum absolute atomic E-state index is 0.139. The molecule has 1 aromatic heterocycles. The van der Waals surface area contributed by atoms with Crippen LogP contribution >= 0.6 is 0 Å². The van der Waals surface area contributed by atoms with E-state index in [2.05, 4.69) is 10.3 Å². The fraction of sp³-hybridized carbons (Fsp3) is 0.588. The van der Waals surface area contributed by atoms with E-state index in [9.17, 15) is 9.59 Å². The zero-order valence-electron chi connectivity index (χ0n) is 14.0. The lowest BCUT2D eigenvalue weighted by molar-refractivity contribution is -0.127. The van der Waals surface area contributed by atoms with Gasteiger partial charge in [-0.15, -0.1) is 0 Å². The third-order valence-corrected chi connectivity index (χ3v) is 3.62. The summed E-state index contributed by atoms with van der Waals surface area (Å²) in [6, 6.07) is 3.27. The number of likely N-dealkylation sites (tertiary alicyclic amines) is 1. The first kappa shape index (κ1) is 17.2. The third-order valence-electron chi connectivity index (χ3n) is 3.62. The van der Waals surface area contributed by atoms with Crippen LogP contribution in [0, 0.1) is 0 Å². The summed E-state index contributed by atoms with van der Waals surface area (Å²) in [5, 5.41) is 2.89. The number of rotatable bonds is 3. The number of carbonyl (C=O) groups excluding carboxylic acids is 2. The van der Waals surface area contributed by atoms with Gasteiger partial charge in [0, 0.05) is 25.5 Å². The predicted octanol–water partition coefficient (Wildman–Crippen LogP) is 2.49. The molecule has 23 heavy (non-hydrogen) atoms. The van der Waals surface area contributed by atoms with Gasteiger partial charge in [0.1, 0.15) is 11.6 Å². The second-order valence-electron chi connectivity index (χ2n) is 6.76. The van der Waals surface area contributed by atoms with Crippen LogP contribution in [0.5, 0.6) is 0 Å². The molecule has 2 rings (SSSR count). The Kier molecular flexibility index (Phi) is 5.58. The SMILES string of the molecule is CC(C)(C)OC(=O)N1CCCCC1C(=O)NCc1cccnc1. The molecule has 126 valence electrons. The van der Waals surface area contributed by atoms with Crippen molar-refractivity contribution in [3.63, 3.8) is 0 Å². The van der Waals surface area contributed by atoms with Crippen LogP contribution in [0.3, 0.4) is 0 Å². The van der Waals surface area contributed by atoms with E-state index in [-0.39, 0.29) is 5.91 Å². The second-order valence-corrected chi connectivity index (χ2v) is 6.76. The van der Waals surface area contributed by atoms with Crippen LogP contribution in [0.15, 0.2) is 24.5 Å². The Hall–Kier alpha value is -2.11. The first-order valence-corrected chi connectivity index (χ1v) is 8.03. The zero-order chi connectivity index (χ0) is 16.9. The van der Waals surface area contributed by atoms with E-state index < -0.39 is 17.7 Å². The summed E-state index contributed by atoms with van der Waals surface area (Å²) in [5.41, 5.74) is 0.367. The van der Waals surface area contributed by atoms with Gasteiger partial charge in [-0.25, -0.2) is 4.79 Å². The summed E-state index contributed by atoms with van der Waals surface area (Å²) in [5.74, 6) is -0.139. The maximum absolute atomic E-state index is 12.5. The molecule has 6 nitrogen and oxygen atoms in total. The number of hydrogen-bond acceptors (Lipinski definition) is 4. The lowest BCUT2D eigenvalue weighted by Crippen LogP contribution is -2.52. The van der Waals surface area contributed by atoms with E-state index in [1.54, 1.807) is 17.3 Å². The predicted molar refractivity (Wildman–Crippen MR) is 86.7 cm³/mol. The smallest absolute Gasteiger partial charge is 0.410 e. The molecular weight excluding hydrogens is 294 g/mol. The summed E-state index contributed by atoms with van der Waals surface area (Å²) in [4.78, 5) is 30.4. The normalized spacial score (nSPS) is 18.4. The summed E-state index contributed by atoms with van der Waals surface area (Å²) in [6.07, 6.45) is 5.48. The van der Waals surface area contributed by atoms with Crippen LogP contribution in [0.25, 0.3) is 0 Å². The Bertz CT molecular complexity index is 540. The summed E-state index contributed by atoms with van der Waals surface area (Å²) in [7, 11) is 0. The van der Waals surface area contributed by atoms with E-state index in [4.69, 9.17) is 4.74 Å². The molecule has 0 spiro atoms. The van der Waals surface area contributed by atoms with E-state index >= 15 is 0 Å². The van der Waals surface area contributed by atoms with Gasteiger partial charge >= 0.3 is 6.09 Å². The van der Waals surface area contributed by atoms with Crippen molar-refractivity contribution in [2.75, 3.05) is 6.54 Å². The van der Waals surface area contributed by atoms with Crippen molar-refractivity contribution in [2.24, 2.45) is 0 Å². The van der Waals surface area contributed by atoms with Gasteiger partial charge in [-0.2, -0.15) is 0 Å². The van der Waals surface area contributed by atoms with Gasteiger partial charge in [-0.3, -0.25) is 14.7 Å². The molecular formula is C17H25N3O3. The van der Waals surface area contributed by atoms with Crippen LogP contribution in [-0.4, -0.2) is 40.1 Å². The molecule has 1 aliphatic heterocycles. The fourth-order valence-electron chi connectivity index (χ4n) is 2.55. The average molecular weight is 319 g/mol. The third kappa shape index (κ3) is 5.23. The van der Waals surface area contributed by atoms with E-state index in [1.165, 1.54) is 0 Å². The molecule has 0 radical (unpaired) electrons. The highest BCUT2D eigenvalue weighted by Gasteiger charge is 2.34. The molecule has 1 atom stereocenters. The molecule has 2 amide bonds. The van der Waals surface area contributed by atoms with E-state index in [0.717, 1.165) is 18.4 Å². The largest absolute Gasteiger partial charge is 0.444 e. The average Bonchev–Trinajstić information content (AvgIpc) is 2.52. The maximum Gasteiger partial charge on any atom is 0.410 e. The standard InChI is InChI=1S/C17H25N3O3/c1-17(2,3)23-16(22)20-10-5-4-8-14(20)15(21)19-12-13-7-6-9-18-11-13/h6-7,9,11,14H,4-5,8,10,12H2,1-3H3,(H,19,21). The summed E-state index contributed by atoms with van der Waals surface area (Å²) >= 11 is 0. The number of carbonyl (C=O) groups is 2. The topological polar surface area (TPSA) is 71.5 Å². The minimum Gasteiger partial charge on any atom is -0.444 e. The van der Waals surface area contributed by atoms with Crippen molar-refractivity contribution in [2.45, 2.75) is 58.2 Å². The van der Waals surface area contributed by atoms with Crippen molar-refractivity contribution in [1.29, 1.82) is 0 Å². The van der Waals surface area contributed by atoms with Gasteiger partial charge in [0.15, 0.2) is 0 Å². The maximum atomic E-state index is 12.5. The number of aromatic nitrogens is 1. The fourth-order valence-corrected chi connectivity index (χ4v) is 2.55. The van der Waals surface area contributed by atoms with Crippen molar-refractivity contribution in [3.05, 3.63) is 30.1 Å². The van der Waals surface area contributed by atoms with Crippen molar-refractivity contribution in [1.82, 2.24) is 15.2 Å². The lowest BCUT2D eigenvalue weighted by atomic mass is 10.0. The van der Waals surface area contributed by atoms with Gasteiger partial charge in [0.25, 0.3) is 0 Å². The number of amides is 2. The van der Waals surface area contributed by atoms with Crippen molar-refractivity contribution >= 4 is 12.0 Å². The van der Waals surface area contributed by atoms with Crippen LogP contribution in [0.4, 0.5) is 4.79 Å². The Balaban J connectivity index is 1.97. The highest BCUT2D eigenvalue weighted by molar-refractivity contribution is 5.85.